The van der Waals surface area contributed by atoms with E-state index in [0.29, 0.717) is 6.61 Å². The van der Waals surface area contributed by atoms with Crippen LogP contribution >= 0.6 is 0 Å². The fourth-order valence-electron chi connectivity index (χ4n) is 1.87. The molecule has 0 aliphatic carbocycles. The van der Waals surface area contributed by atoms with Crippen LogP contribution in [0.25, 0.3) is 0 Å². The topological polar surface area (TPSA) is 75.3 Å². The van der Waals surface area contributed by atoms with Crippen molar-refractivity contribution in [3.8, 4) is 0 Å². The first-order chi connectivity index (χ1) is 9.63. The predicted molar refractivity (Wildman–Crippen MR) is 75.9 cm³/mol. The molecule has 7 nitrogen and oxygen atoms in total. The summed E-state index contributed by atoms with van der Waals surface area (Å²) in [6, 6.07) is -0.378. The van der Waals surface area contributed by atoms with Crippen LogP contribution in [0.3, 0.4) is 0 Å². The van der Waals surface area contributed by atoms with E-state index < -0.39 is 17.5 Å². The molecule has 1 N–H and O–H groups in total. The van der Waals surface area contributed by atoms with Gasteiger partial charge in [-0.05, 0) is 34.6 Å². The average molecular weight is 305 g/mol. The summed E-state index contributed by atoms with van der Waals surface area (Å²) in [6.07, 6.45) is -0.814. The van der Waals surface area contributed by atoms with Crippen LogP contribution in [0.2, 0.25) is 0 Å². The molecule has 0 unspecified atom stereocenters. The van der Waals surface area contributed by atoms with Crippen LogP contribution in [-0.4, -0.2) is 56.7 Å². The summed E-state index contributed by atoms with van der Waals surface area (Å²) in [4.78, 5) is 11.9. The minimum Gasteiger partial charge on any atom is -0.444 e. The molecule has 0 spiro atoms. The molecule has 0 saturated carbocycles. The first-order valence-electron chi connectivity index (χ1n) is 7.01. The molecule has 1 fully saturated rings. The Hall–Kier alpha value is -0.890. The van der Waals surface area contributed by atoms with Gasteiger partial charge < -0.3 is 29.0 Å². The summed E-state index contributed by atoms with van der Waals surface area (Å²) in [6.45, 7) is 9.84. The van der Waals surface area contributed by atoms with E-state index in [2.05, 4.69) is 5.32 Å². The normalized spacial score (nSPS) is 22.9. The minimum atomic E-state index is -0.667. The second kappa shape index (κ2) is 7.40. The van der Waals surface area contributed by atoms with Gasteiger partial charge in [0.05, 0.1) is 19.3 Å². The Labute approximate surface area is 126 Å². The molecule has 1 amide bonds. The first-order valence-corrected chi connectivity index (χ1v) is 7.01. The van der Waals surface area contributed by atoms with Crippen molar-refractivity contribution >= 4 is 6.09 Å². The molecule has 0 bridgehead atoms. The lowest BCUT2D eigenvalue weighted by molar-refractivity contribution is -0.145. The van der Waals surface area contributed by atoms with E-state index in [1.807, 2.05) is 13.8 Å². The molecule has 1 saturated heterocycles. The Morgan fingerprint density at radius 1 is 1.43 bits per heavy atom. The van der Waals surface area contributed by atoms with Crippen molar-refractivity contribution in [3.63, 3.8) is 0 Å². The first kappa shape index (κ1) is 18.2. The number of amides is 1. The standard InChI is InChI=1S/C14H27NO6/c1-13(2,3)21-12(16)15-10(7-18-9-17-6)11-8-19-14(4,5)20-11/h10-11H,7-9H2,1-6H3,(H,15,16)/t10-,11-/m1/s1. The van der Waals surface area contributed by atoms with Crippen molar-refractivity contribution in [2.24, 2.45) is 0 Å². The van der Waals surface area contributed by atoms with Crippen molar-refractivity contribution in [1.82, 2.24) is 5.32 Å². The second-order valence-electron chi connectivity index (χ2n) is 6.40. The average Bonchev–Trinajstić information content (AvgIpc) is 2.66. The maximum atomic E-state index is 11.9. The van der Waals surface area contributed by atoms with E-state index in [9.17, 15) is 4.79 Å². The zero-order valence-electron chi connectivity index (χ0n) is 13.7. The third-order valence-electron chi connectivity index (χ3n) is 2.68. The molecule has 1 aliphatic heterocycles. The van der Waals surface area contributed by atoms with Crippen LogP contribution in [0.1, 0.15) is 34.6 Å². The van der Waals surface area contributed by atoms with Crippen molar-refractivity contribution in [2.45, 2.75) is 58.2 Å². The number of ether oxygens (including phenoxy) is 5. The van der Waals surface area contributed by atoms with E-state index in [1.165, 1.54) is 7.11 Å². The van der Waals surface area contributed by atoms with Crippen LogP contribution in [0, 0.1) is 0 Å². The molecular formula is C14H27NO6. The lowest BCUT2D eigenvalue weighted by Crippen LogP contribution is -2.49. The van der Waals surface area contributed by atoms with Crippen LogP contribution in [-0.2, 0) is 23.7 Å². The fourth-order valence-corrected chi connectivity index (χ4v) is 1.87. The van der Waals surface area contributed by atoms with Crippen LogP contribution < -0.4 is 5.32 Å². The fraction of sp³-hybridized carbons (Fsp3) is 0.929. The number of rotatable bonds is 6. The van der Waals surface area contributed by atoms with Crippen molar-refractivity contribution in [2.75, 3.05) is 27.1 Å². The number of nitrogens with one attached hydrogen (secondary N) is 1. The SMILES string of the molecule is COCOC[C@@H](NC(=O)OC(C)(C)C)[C@H]1COC(C)(C)O1. The number of carbonyl (C=O) groups is 1. The van der Waals surface area contributed by atoms with Gasteiger partial charge in [-0.3, -0.25) is 0 Å². The van der Waals surface area contributed by atoms with Gasteiger partial charge in [-0.2, -0.15) is 0 Å². The maximum Gasteiger partial charge on any atom is 0.408 e. The van der Waals surface area contributed by atoms with E-state index in [4.69, 9.17) is 23.7 Å². The smallest absolute Gasteiger partial charge is 0.408 e. The van der Waals surface area contributed by atoms with Crippen LogP contribution in [0.5, 0.6) is 0 Å². The minimum absolute atomic E-state index is 0.142. The molecule has 1 rings (SSSR count). The Bertz CT molecular complexity index is 339. The molecule has 0 aromatic carbocycles. The zero-order chi connectivity index (χ0) is 16.1. The molecule has 21 heavy (non-hydrogen) atoms. The van der Waals surface area contributed by atoms with Gasteiger partial charge in [-0.25, -0.2) is 4.79 Å². The van der Waals surface area contributed by atoms with Gasteiger partial charge in [0.2, 0.25) is 0 Å². The number of hydrogen-bond donors (Lipinski definition) is 1. The van der Waals surface area contributed by atoms with Gasteiger partial charge in [-0.1, -0.05) is 0 Å². The maximum absolute atomic E-state index is 11.9. The van der Waals surface area contributed by atoms with Crippen molar-refractivity contribution in [3.05, 3.63) is 0 Å². The monoisotopic (exact) mass is 305 g/mol. The molecular weight excluding hydrogens is 278 g/mol. The van der Waals surface area contributed by atoms with E-state index in [1.54, 1.807) is 20.8 Å². The molecule has 2 atom stereocenters. The van der Waals surface area contributed by atoms with Crippen molar-refractivity contribution in [1.29, 1.82) is 0 Å². The van der Waals surface area contributed by atoms with E-state index >= 15 is 0 Å². The highest BCUT2D eigenvalue weighted by atomic mass is 16.7. The zero-order valence-corrected chi connectivity index (χ0v) is 13.7. The number of methoxy groups -OCH3 is 1. The van der Waals surface area contributed by atoms with E-state index in [0.717, 1.165) is 0 Å². The summed E-state index contributed by atoms with van der Waals surface area (Å²) < 4.78 is 26.7. The lowest BCUT2D eigenvalue weighted by atomic mass is 10.2. The molecule has 0 radical (unpaired) electrons. The summed E-state index contributed by atoms with van der Waals surface area (Å²) in [5, 5.41) is 2.77. The molecule has 1 heterocycles. The summed E-state index contributed by atoms with van der Waals surface area (Å²) in [5.41, 5.74) is -0.561. The summed E-state index contributed by atoms with van der Waals surface area (Å²) in [7, 11) is 1.54. The summed E-state index contributed by atoms with van der Waals surface area (Å²) in [5.74, 6) is -0.667. The van der Waals surface area contributed by atoms with Gasteiger partial charge in [0, 0.05) is 7.11 Å². The Morgan fingerprint density at radius 3 is 2.57 bits per heavy atom. The van der Waals surface area contributed by atoms with Gasteiger partial charge in [0.25, 0.3) is 0 Å². The Kier molecular flexibility index (Phi) is 6.40. The highest BCUT2D eigenvalue weighted by molar-refractivity contribution is 5.68. The highest BCUT2D eigenvalue weighted by Crippen LogP contribution is 2.24. The molecule has 0 aromatic heterocycles. The largest absolute Gasteiger partial charge is 0.444 e. The molecule has 1 aliphatic rings. The Balaban J connectivity index is 2.58. The molecule has 124 valence electrons. The van der Waals surface area contributed by atoms with Gasteiger partial charge >= 0.3 is 6.09 Å². The van der Waals surface area contributed by atoms with Gasteiger partial charge in [-0.15, -0.1) is 0 Å². The second-order valence-corrected chi connectivity index (χ2v) is 6.40. The predicted octanol–water partition coefficient (Wildman–Crippen LogP) is 1.65. The van der Waals surface area contributed by atoms with Crippen LogP contribution in [0.4, 0.5) is 4.79 Å². The number of carbonyl (C=O) groups excluding carboxylic acids is 1. The third-order valence-corrected chi connectivity index (χ3v) is 2.68. The highest BCUT2D eigenvalue weighted by Gasteiger charge is 2.38. The van der Waals surface area contributed by atoms with Crippen molar-refractivity contribution < 1.29 is 28.5 Å². The Morgan fingerprint density at radius 2 is 2.10 bits per heavy atom. The molecule has 0 aromatic rings. The van der Waals surface area contributed by atoms with E-state index in [-0.39, 0.29) is 25.5 Å². The van der Waals surface area contributed by atoms with Gasteiger partial charge in [0.15, 0.2) is 5.79 Å². The number of hydrogen-bond acceptors (Lipinski definition) is 6. The quantitative estimate of drug-likeness (QED) is 0.594. The summed E-state index contributed by atoms with van der Waals surface area (Å²) >= 11 is 0. The van der Waals surface area contributed by atoms with Gasteiger partial charge in [0.1, 0.15) is 18.5 Å². The molecule has 7 heteroatoms. The van der Waals surface area contributed by atoms with Crippen LogP contribution in [0.15, 0.2) is 0 Å². The third kappa shape index (κ3) is 7.08. The lowest BCUT2D eigenvalue weighted by Gasteiger charge is -2.27. The number of alkyl carbamates (subject to hydrolysis) is 1.